The van der Waals surface area contributed by atoms with Crippen molar-refractivity contribution in [2.24, 2.45) is 0 Å². The number of hydrogen-bond acceptors (Lipinski definition) is 1. The number of allylic oxidation sites excluding steroid dienone is 3. The number of rotatable bonds is 4. The molecule has 62 valence electrons. The fraction of sp³-hybridized carbons (Fsp3) is 0.400. The first kappa shape index (κ1) is 10.2. The molecule has 0 spiro atoms. The zero-order chi connectivity index (χ0) is 8.69. The first-order chi connectivity index (χ1) is 5.16. The summed E-state index contributed by atoms with van der Waals surface area (Å²) < 4.78 is 0. The van der Waals surface area contributed by atoms with Crippen LogP contribution in [-0.4, -0.2) is 11.2 Å². The molecular formula is C10H16O. The summed E-state index contributed by atoms with van der Waals surface area (Å²) in [6.45, 7) is 7.48. The third kappa shape index (κ3) is 7.07. The van der Waals surface area contributed by atoms with E-state index in [2.05, 4.69) is 6.58 Å². The molecule has 0 aliphatic rings. The monoisotopic (exact) mass is 152 g/mol. The topological polar surface area (TPSA) is 20.2 Å². The van der Waals surface area contributed by atoms with E-state index in [0.29, 0.717) is 6.42 Å². The van der Waals surface area contributed by atoms with Crippen LogP contribution in [0.2, 0.25) is 0 Å². The molecule has 0 aliphatic heterocycles. The lowest BCUT2D eigenvalue weighted by molar-refractivity contribution is 0.226. The van der Waals surface area contributed by atoms with Crippen molar-refractivity contribution < 1.29 is 5.11 Å². The summed E-state index contributed by atoms with van der Waals surface area (Å²) in [6, 6.07) is 0. The van der Waals surface area contributed by atoms with Crippen LogP contribution in [0, 0.1) is 0 Å². The summed E-state index contributed by atoms with van der Waals surface area (Å²) in [7, 11) is 0. The van der Waals surface area contributed by atoms with E-state index in [1.807, 2.05) is 32.1 Å². The Labute approximate surface area is 68.7 Å². The molecule has 0 aromatic rings. The standard InChI is InChI=1S/C10H16O/c1-4-5-6-7-10(11)8-9(2)3/h4-6,8,10-11H,1,7H2,2-3H3. The van der Waals surface area contributed by atoms with E-state index in [1.54, 1.807) is 6.08 Å². The summed E-state index contributed by atoms with van der Waals surface area (Å²) in [6.07, 6.45) is 7.59. The van der Waals surface area contributed by atoms with Gasteiger partial charge in [-0.3, -0.25) is 0 Å². The molecule has 0 aromatic heterocycles. The fourth-order valence-corrected chi connectivity index (χ4v) is 0.767. The van der Waals surface area contributed by atoms with Crippen LogP contribution in [0.3, 0.4) is 0 Å². The van der Waals surface area contributed by atoms with Crippen LogP contribution in [0.1, 0.15) is 20.3 Å². The zero-order valence-corrected chi connectivity index (χ0v) is 7.25. The molecule has 0 saturated carbocycles. The summed E-state index contributed by atoms with van der Waals surface area (Å²) in [5.74, 6) is 0. The lowest BCUT2D eigenvalue weighted by Crippen LogP contribution is -1.99. The van der Waals surface area contributed by atoms with Crippen LogP contribution in [0.4, 0.5) is 0 Å². The maximum absolute atomic E-state index is 9.28. The van der Waals surface area contributed by atoms with Gasteiger partial charge in [-0.1, -0.05) is 36.5 Å². The van der Waals surface area contributed by atoms with Crippen molar-refractivity contribution in [2.45, 2.75) is 26.4 Å². The van der Waals surface area contributed by atoms with Gasteiger partial charge in [-0.25, -0.2) is 0 Å². The molecule has 0 rings (SSSR count). The van der Waals surface area contributed by atoms with Gasteiger partial charge in [0.2, 0.25) is 0 Å². The van der Waals surface area contributed by atoms with E-state index in [-0.39, 0.29) is 6.10 Å². The Bertz CT molecular complexity index is 162. The third-order valence-electron chi connectivity index (χ3n) is 1.18. The molecule has 1 N–H and O–H groups in total. The van der Waals surface area contributed by atoms with Crippen molar-refractivity contribution in [1.82, 2.24) is 0 Å². The van der Waals surface area contributed by atoms with Crippen molar-refractivity contribution in [3.05, 3.63) is 36.5 Å². The molecule has 1 atom stereocenters. The normalized spacial score (nSPS) is 13.0. The Morgan fingerprint density at radius 3 is 2.64 bits per heavy atom. The maximum atomic E-state index is 9.28. The molecule has 0 fully saturated rings. The van der Waals surface area contributed by atoms with E-state index >= 15 is 0 Å². The molecule has 0 aliphatic carbocycles. The number of hydrogen-bond donors (Lipinski definition) is 1. The molecule has 0 bridgehead atoms. The second kappa shape index (κ2) is 5.93. The second-order valence-corrected chi connectivity index (χ2v) is 2.71. The Balaban J connectivity index is 3.69. The van der Waals surface area contributed by atoms with Crippen LogP contribution in [-0.2, 0) is 0 Å². The van der Waals surface area contributed by atoms with E-state index in [4.69, 9.17) is 0 Å². The first-order valence-electron chi connectivity index (χ1n) is 3.77. The van der Waals surface area contributed by atoms with Gasteiger partial charge in [-0.05, 0) is 20.3 Å². The molecule has 0 saturated heterocycles. The van der Waals surface area contributed by atoms with Gasteiger partial charge in [0.15, 0.2) is 0 Å². The fourth-order valence-electron chi connectivity index (χ4n) is 0.767. The lowest BCUT2D eigenvalue weighted by atomic mass is 10.2. The summed E-state index contributed by atoms with van der Waals surface area (Å²) in [5.41, 5.74) is 1.14. The van der Waals surface area contributed by atoms with E-state index < -0.39 is 0 Å². The summed E-state index contributed by atoms with van der Waals surface area (Å²) in [4.78, 5) is 0. The van der Waals surface area contributed by atoms with Crippen molar-refractivity contribution in [3.8, 4) is 0 Å². The number of aliphatic hydroxyl groups excluding tert-OH is 1. The molecule has 1 nitrogen and oxygen atoms in total. The van der Waals surface area contributed by atoms with Gasteiger partial charge in [-0.2, -0.15) is 0 Å². The highest BCUT2D eigenvalue weighted by Gasteiger charge is 1.93. The van der Waals surface area contributed by atoms with E-state index in [1.165, 1.54) is 0 Å². The minimum Gasteiger partial charge on any atom is -0.389 e. The van der Waals surface area contributed by atoms with Crippen molar-refractivity contribution >= 4 is 0 Å². The van der Waals surface area contributed by atoms with Gasteiger partial charge < -0.3 is 5.11 Å². The lowest BCUT2D eigenvalue weighted by Gasteiger charge is -2.00. The Kier molecular flexibility index (Phi) is 5.49. The van der Waals surface area contributed by atoms with Crippen LogP contribution in [0.5, 0.6) is 0 Å². The van der Waals surface area contributed by atoms with Crippen molar-refractivity contribution in [3.63, 3.8) is 0 Å². The van der Waals surface area contributed by atoms with Gasteiger partial charge in [0.1, 0.15) is 0 Å². The van der Waals surface area contributed by atoms with Crippen molar-refractivity contribution in [1.29, 1.82) is 0 Å². The summed E-state index contributed by atoms with van der Waals surface area (Å²) >= 11 is 0. The maximum Gasteiger partial charge on any atom is 0.0757 e. The van der Waals surface area contributed by atoms with E-state index in [9.17, 15) is 5.11 Å². The first-order valence-corrected chi connectivity index (χ1v) is 3.77. The Hall–Kier alpha value is -0.820. The molecule has 0 amide bonds. The average Bonchev–Trinajstić information content (AvgIpc) is 1.86. The van der Waals surface area contributed by atoms with Gasteiger partial charge in [-0.15, -0.1) is 0 Å². The van der Waals surface area contributed by atoms with Crippen LogP contribution < -0.4 is 0 Å². The largest absolute Gasteiger partial charge is 0.389 e. The Morgan fingerprint density at radius 1 is 1.55 bits per heavy atom. The molecule has 0 heterocycles. The highest BCUT2D eigenvalue weighted by molar-refractivity contribution is 5.03. The molecular weight excluding hydrogens is 136 g/mol. The average molecular weight is 152 g/mol. The van der Waals surface area contributed by atoms with Crippen molar-refractivity contribution in [2.75, 3.05) is 0 Å². The molecule has 11 heavy (non-hydrogen) atoms. The van der Waals surface area contributed by atoms with Gasteiger partial charge in [0.05, 0.1) is 6.10 Å². The number of aliphatic hydroxyl groups is 1. The molecule has 0 radical (unpaired) electrons. The van der Waals surface area contributed by atoms with Crippen LogP contribution in [0.15, 0.2) is 36.5 Å². The highest BCUT2D eigenvalue weighted by atomic mass is 16.3. The minimum atomic E-state index is -0.351. The third-order valence-corrected chi connectivity index (χ3v) is 1.18. The SMILES string of the molecule is C=CC=CCC(O)C=C(C)C. The van der Waals surface area contributed by atoms with E-state index in [0.717, 1.165) is 5.57 Å². The predicted octanol–water partition coefficient (Wildman–Crippen LogP) is 2.45. The second-order valence-electron chi connectivity index (χ2n) is 2.71. The van der Waals surface area contributed by atoms with Gasteiger partial charge >= 0.3 is 0 Å². The quantitative estimate of drug-likeness (QED) is 0.484. The molecule has 1 heteroatoms. The zero-order valence-electron chi connectivity index (χ0n) is 7.25. The molecule has 1 unspecified atom stereocenters. The van der Waals surface area contributed by atoms with Gasteiger partial charge in [0, 0.05) is 0 Å². The Morgan fingerprint density at radius 2 is 2.18 bits per heavy atom. The summed E-state index contributed by atoms with van der Waals surface area (Å²) in [5, 5.41) is 9.28. The molecule has 0 aromatic carbocycles. The van der Waals surface area contributed by atoms with Crippen LogP contribution in [0.25, 0.3) is 0 Å². The predicted molar refractivity (Wildman–Crippen MR) is 49.4 cm³/mol. The van der Waals surface area contributed by atoms with Crippen LogP contribution >= 0.6 is 0 Å². The highest BCUT2D eigenvalue weighted by Crippen LogP contribution is 1.99. The smallest absolute Gasteiger partial charge is 0.0757 e. The van der Waals surface area contributed by atoms with Gasteiger partial charge in [0.25, 0.3) is 0 Å². The minimum absolute atomic E-state index is 0.351.